The van der Waals surface area contributed by atoms with Crippen molar-refractivity contribution in [3.8, 4) is 0 Å². The molecule has 1 heterocycles. The molecule has 3 unspecified atom stereocenters. The number of primary amides is 1. The first-order chi connectivity index (χ1) is 6.93. The number of ether oxygens (including phenoxy) is 1. The minimum absolute atomic E-state index is 0.0987. The van der Waals surface area contributed by atoms with E-state index in [9.17, 15) is 4.79 Å². The molecule has 0 aliphatic carbocycles. The van der Waals surface area contributed by atoms with Gasteiger partial charge in [-0.15, -0.1) is 0 Å². The molecule has 1 fully saturated rings. The zero-order valence-corrected chi connectivity index (χ0v) is 10.1. The first kappa shape index (κ1) is 12.5. The molecule has 1 aliphatic heterocycles. The molecule has 2 N–H and O–H groups in total. The van der Waals surface area contributed by atoms with E-state index in [-0.39, 0.29) is 17.9 Å². The van der Waals surface area contributed by atoms with E-state index < -0.39 is 0 Å². The molecule has 0 aromatic rings. The van der Waals surface area contributed by atoms with E-state index in [4.69, 9.17) is 10.5 Å². The van der Waals surface area contributed by atoms with Gasteiger partial charge in [-0.05, 0) is 27.3 Å². The highest BCUT2D eigenvalue weighted by molar-refractivity contribution is 5.76. The molecule has 4 nitrogen and oxygen atoms in total. The average molecular weight is 214 g/mol. The Kier molecular flexibility index (Phi) is 4.11. The van der Waals surface area contributed by atoms with Crippen LogP contribution in [0.4, 0.5) is 0 Å². The van der Waals surface area contributed by atoms with Crippen LogP contribution >= 0.6 is 0 Å². The fourth-order valence-corrected chi connectivity index (χ4v) is 1.77. The van der Waals surface area contributed by atoms with Gasteiger partial charge in [0.15, 0.2) is 0 Å². The minimum atomic E-state index is -0.239. The third-order valence-electron chi connectivity index (χ3n) is 3.32. The summed E-state index contributed by atoms with van der Waals surface area (Å²) in [4.78, 5) is 13.2. The number of carbonyl (C=O) groups excluding carboxylic acids is 1. The largest absolute Gasteiger partial charge is 0.375 e. The van der Waals surface area contributed by atoms with Crippen molar-refractivity contribution in [2.45, 2.75) is 45.4 Å². The Morgan fingerprint density at radius 1 is 1.53 bits per heavy atom. The summed E-state index contributed by atoms with van der Waals surface area (Å²) in [6, 6.07) is 0.942. The first-order valence-electron chi connectivity index (χ1n) is 5.56. The van der Waals surface area contributed by atoms with Crippen molar-refractivity contribution >= 4 is 5.91 Å². The Hall–Kier alpha value is -0.610. The molecular weight excluding hydrogens is 192 g/mol. The summed E-state index contributed by atoms with van der Waals surface area (Å²) in [5.41, 5.74) is 5.24. The van der Waals surface area contributed by atoms with E-state index >= 15 is 0 Å². The maximum absolute atomic E-state index is 10.9. The number of likely N-dealkylation sites (N-methyl/N-ethyl adjacent to an activating group) is 1. The van der Waals surface area contributed by atoms with Gasteiger partial charge < -0.3 is 10.5 Å². The maximum atomic E-state index is 10.9. The molecule has 0 aromatic heterocycles. The van der Waals surface area contributed by atoms with Gasteiger partial charge in [-0.1, -0.05) is 6.92 Å². The Morgan fingerprint density at radius 3 is 2.47 bits per heavy atom. The van der Waals surface area contributed by atoms with Crippen molar-refractivity contribution in [2.24, 2.45) is 11.7 Å². The lowest BCUT2D eigenvalue weighted by Crippen LogP contribution is -2.57. The highest BCUT2D eigenvalue weighted by Gasteiger charge is 2.37. The molecule has 4 heteroatoms. The second-order valence-electron chi connectivity index (χ2n) is 4.74. The summed E-state index contributed by atoms with van der Waals surface area (Å²) in [7, 11) is 2.10. The van der Waals surface area contributed by atoms with Crippen molar-refractivity contribution in [2.75, 3.05) is 13.7 Å². The Balaban J connectivity index is 2.41. The van der Waals surface area contributed by atoms with Gasteiger partial charge in [0.2, 0.25) is 5.91 Å². The van der Waals surface area contributed by atoms with Crippen LogP contribution in [-0.2, 0) is 9.53 Å². The molecule has 1 amide bonds. The highest BCUT2D eigenvalue weighted by Crippen LogP contribution is 2.25. The predicted molar refractivity (Wildman–Crippen MR) is 59.4 cm³/mol. The molecule has 1 saturated heterocycles. The highest BCUT2D eigenvalue weighted by atomic mass is 16.5. The number of carbonyl (C=O) groups is 1. The van der Waals surface area contributed by atoms with Crippen molar-refractivity contribution in [1.82, 2.24) is 4.90 Å². The van der Waals surface area contributed by atoms with Gasteiger partial charge in [0.05, 0.1) is 18.8 Å². The molecular formula is C11H22N2O2. The second-order valence-corrected chi connectivity index (χ2v) is 4.74. The number of hydrogen-bond acceptors (Lipinski definition) is 3. The van der Waals surface area contributed by atoms with Crippen molar-refractivity contribution in [3.05, 3.63) is 0 Å². The van der Waals surface area contributed by atoms with Crippen LogP contribution in [0.5, 0.6) is 0 Å². The van der Waals surface area contributed by atoms with Crippen LogP contribution in [0.2, 0.25) is 0 Å². The Labute approximate surface area is 91.8 Å². The summed E-state index contributed by atoms with van der Waals surface area (Å²) in [5, 5.41) is 0. The number of amides is 1. The van der Waals surface area contributed by atoms with Crippen LogP contribution in [0.3, 0.4) is 0 Å². The van der Waals surface area contributed by atoms with Gasteiger partial charge in [0.1, 0.15) is 0 Å². The topological polar surface area (TPSA) is 55.6 Å². The van der Waals surface area contributed by atoms with Crippen LogP contribution in [0.15, 0.2) is 0 Å². The number of nitrogens with two attached hydrogens (primary N) is 1. The summed E-state index contributed by atoms with van der Waals surface area (Å²) in [6.45, 7) is 6.95. The van der Waals surface area contributed by atoms with E-state index in [0.29, 0.717) is 12.1 Å². The predicted octanol–water partition coefficient (Wildman–Crippen LogP) is 0.605. The standard InChI is InChI=1S/C11H22N2O2/c1-7(2)13(4)9-6-15-10(9)5-8(3)11(12)14/h7-10H,5-6H2,1-4H3,(H2,12,14). The lowest BCUT2D eigenvalue weighted by molar-refractivity contribution is -0.147. The lowest BCUT2D eigenvalue weighted by Gasteiger charge is -2.45. The maximum Gasteiger partial charge on any atom is 0.220 e. The Morgan fingerprint density at radius 2 is 2.13 bits per heavy atom. The van der Waals surface area contributed by atoms with E-state index in [0.717, 1.165) is 13.0 Å². The minimum Gasteiger partial charge on any atom is -0.375 e. The number of hydrogen-bond donors (Lipinski definition) is 1. The first-order valence-corrected chi connectivity index (χ1v) is 5.56. The van der Waals surface area contributed by atoms with Gasteiger partial charge >= 0.3 is 0 Å². The molecule has 1 rings (SSSR count). The summed E-state index contributed by atoms with van der Waals surface area (Å²) in [5.74, 6) is -0.338. The third kappa shape index (κ3) is 2.92. The van der Waals surface area contributed by atoms with E-state index in [1.165, 1.54) is 0 Å². The van der Waals surface area contributed by atoms with Gasteiger partial charge in [-0.2, -0.15) is 0 Å². The van der Waals surface area contributed by atoms with Crippen LogP contribution in [-0.4, -0.2) is 42.6 Å². The molecule has 0 spiro atoms. The van der Waals surface area contributed by atoms with E-state index in [2.05, 4.69) is 25.8 Å². The Bertz CT molecular complexity index is 231. The van der Waals surface area contributed by atoms with Gasteiger partial charge in [-0.25, -0.2) is 0 Å². The summed E-state index contributed by atoms with van der Waals surface area (Å²) >= 11 is 0. The van der Waals surface area contributed by atoms with Gasteiger partial charge in [0, 0.05) is 12.0 Å². The molecule has 0 saturated carbocycles. The lowest BCUT2D eigenvalue weighted by atomic mass is 9.93. The van der Waals surface area contributed by atoms with Crippen molar-refractivity contribution in [3.63, 3.8) is 0 Å². The van der Waals surface area contributed by atoms with Crippen LogP contribution in [0.1, 0.15) is 27.2 Å². The molecule has 0 bridgehead atoms. The fraction of sp³-hybridized carbons (Fsp3) is 0.909. The monoisotopic (exact) mass is 214 g/mol. The quantitative estimate of drug-likeness (QED) is 0.729. The van der Waals surface area contributed by atoms with Crippen LogP contribution in [0, 0.1) is 5.92 Å². The second kappa shape index (κ2) is 4.94. The average Bonchev–Trinajstić information content (AvgIpc) is 2.11. The molecule has 88 valence electrons. The summed E-state index contributed by atoms with van der Waals surface area (Å²) < 4.78 is 5.49. The zero-order valence-electron chi connectivity index (χ0n) is 10.1. The molecule has 3 atom stereocenters. The molecule has 15 heavy (non-hydrogen) atoms. The van der Waals surface area contributed by atoms with E-state index in [1.807, 2.05) is 6.92 Å². The molecule has 1 aliphatic rings. The molecule has 0 aromatic carbocycles. The van der Waals surface area contributed by atoms with Crippen molar-refractivity contribution in [1.29, 1.82) is 0 Å². The van der Waals surface area contributed by atoms with Gasteiger partial charge in [0.25, 0.3) is 0 Å². The SMILES string of the molecule is CC(CC1OCC1N(C)C(C)C)C(N)=O. The van der Waals surface area contributed by atoms with E-state index in [1.54, 1.807) is 0 Å². The third-order valence-corrected chi connectivity index (χ3v) is 3.32. The normalized spacial score (nSPS) is 27.9. The summed E-state index contributed by atoms with van der Waals surface area (Å²) in [6.07, 6.45) is 0.900. The number of rotatable bonds is 5. The molecule has 0 radical (unpaired) electrons. The fourth-order valence-electron chi connectivity index (χ4n) is 1.77. The zero-order chi connectivity index (χ0) is 11.6. The smallest absolute Gasteiger partial charge is 0.220 e. The van der Waals surface area contributed by atoms with Crippen LogP contribution in [0.25, 0.3) is 0 Å². The van der Waals surface area contributed by atoms with Crippen molar-refractivity contribution < 1.29 is 9.53 Å². The number of nitrogens with zero attached hydrogens (tertiary/aromatic N) is 1. The van der Waals surface area contributed by atoms with Gasteiger partial charge in [-0.3, -0.25) is 9.69 Å². The van der Waals surface area contributed by atoms with Crippen LogP contribution < -0.4 is 5.73 Å².